The van der Waals surface area contributed by atoms with Gasteiger partial charge in [-0.05, 0) is 79.7 Å². The standard InChI is InChI=1S/C28H35N5O2/c1-31(24-12-16-33(17-13-24)26-10-9-23(19-30-26)20-5-6-20)27(34)4-2-3-14-32-15-11-21-7-8-22(28(29)35)18-25(21)32/h7-11,15,18-20,24H,2-6,12-14,16-17H2,1H3,(H2,29,35). The highest BCUT2D eigenvalue weighted by Crippen LogP contribution is 2.40. The van der Waals surface area contributed by atoms with Gasteiger partial charge in [0.2, 0.25) is 11.8 Å². The van der Waals surface area contributed by atoms with Crippen molar-refractivity contribution in [2.24, 2.45) is 5.73 Å². The number of fused-ring (bicyclic) bond motifs is 1. The minimum absolute atomic E-state index is 0.226. The molecule has 0 radical (unpaired) electrons. The number of anilines is 1. The van der Waals surface area contributed by atoms with Crippen molar-refractivity contribution in [1.82, 2.24) is 14.5 Å². The molecule has 1 aliphatic heterocycles. The molecular weight excluding hydrogens is 438 g/mol. The van der Waals surface area contributed by atoms with E-state index in [1.807, 2.05) is 42.5 Å². The largest absolute Gasteiger partial charge is 0.366 e. The van der Waals surface area contributed by atoms with Crippen molar-refractivity contribution in [3.05, 3.63) is 59.9 Å². The van der Waals surface area contributed by atoms with Crippen LogP contribution in [0.5, 0.6) is 0 Å². The van der Waals surface area contributed by atoms with E-state index in [4.69, 9.17) is 10.7 Å². The summed E-state index contributed by atoms with van der Waals surface area (Å²) in [6, 6.07) is 12.3. The Balaban J connectivity index is 1.06. The Kier molecular flexibility index (Phi) is 6.75. The van der Waals surface area contributed by atoms with E-state index in [-0.39, 0.29) is 5.91 Å². The van der Waals surface area contributed by atoms with Crippen LogP contribution in [-0.2, 0) is 11.3 Å². The molecular formula is C28H35N5O2. The summed E-state index contributed by atoms with van der Waals surface area (Å²) in [5, 5.41) is 1.09. The number of aryl methyl sites for hydroxylation is 1. The molecule has 0 unspecified atom stereocenters. The van der Waals surface area contributed by atoms with Crippen molar-refractivity contribution in [3.8, 4) is 0 Å². The van der Waals surface area contributed by atoms with Crippen molar-refractivity contribution in [2.75, 3.05) is 25.0 Å². The van der Waals surface area contributed by atoms with Crippen LogP contribution in [0, 0.1) is 0 Å². The molecule has 3 aromatic rings. The number of amides is 2. The highest BCUT2D eigenvalue weighted by atomic mass is 16.2. The van der Waals surface area contributed by atoms with Crippen LogP contribution < -0.4 is 10.6 Å². The summed E-state index contributed by atoms with van der Waals surface area (Å²) in [7, 11) is 1.95. The van der Waals surface area contributed by atoms with Gasteiger partial charge in [-0.15, -0.1) is 0 Å². The summed E-state index contributed by atoms with van der Waals surface area (Å²) >= 11 is 0. The molecule has 35 heavy (non-hydrogen) atoms. The maximum Gasteiger partial charge on any atom is 0.248 e. The first-order valence-electron chi connectivity index (χ1n) is 12.8. The van der Waals surface area contributed by atoms with Crippen LogP contribution in [0.4, 0.5) is 5.82 Å². The smallest absolute Gasteiger partial charge is 0.248 e. The number of unbranched alkanes of at least 4 members (excludes halogenated alkanes) is 1. The van der Waals surface area contributed by atoms with E-state index in [0.29, 0.717) is 18.0 Å². The molecule has 1 aliphatic carbocycles. The zero-order valence-electron chi connectivity index (χ0n) is 20.5. The lowest BCUT2D eigenvalue weighted by molar-refractivity contribution is -0.132. The monoisotopic (exact) mass is 473 g/mol. The van der Waals surface area contributed by atoms with E-state index in [0.717, 1.165) is 68.0 Å². The van der Waals surface area contributed by atoms with Gasteiger partial charge in [-0.25, -0.2) is 4.98 Å². The van der Waals surface area contributed by atoms with Crippen LogP contribution in [0.1, 0.15) is 66.8 Å². The Morgan fingerprint density at radius 3 is 2.54 bits per heavy atom. The molecule has 5 rings (SSSR count). The normalized spacial score (nSPS) is 16.5. The van der Waals surface area contributed by atoms with Crippen molar-refractivity contribution in [2.45, 2.75) is 63.5 Å². The molecule has 184 valence electrons. The molecule has 0 spiro atoms. The third-order valence-corrected chi connectivity index (χ3v) is 7.65. The van der Waals surface area contributed by atoms with Gasteiger partial charge >= 0.3 is 0 Å². The fourth-order valence-corrected chi connectivity index (χ4v) is 5.20. The highest BCUT2D eigenvalue weighted by molar-refractivity contribution is 5.97. The van der Waals surface area contributed by atoms with Gasteiger partial charge in [-0.3, -0.25) is 9.59 Å². The molecule has 1 saturated carbocycles. The summed E-state index contributed by atoms with van der Waals surface area (Å²) in [6.07, 6.45) is 10.9. The second-order valence-electron chi connectivity index (χ2n) is 10.1. The van der Waals surface area contributed by atoms with Crippen LogP contribution in [0.25, 0.3) is 10.9 Å². The van der Waals surface area contributed by atoms with Crippen LogP contribution in [0.3, 0.4) is 0 Å². The lowest BCUT2D eigenvalue weighted by Crippen LogP contribution is -2.45. The predicted octanol–water partition coefficient (Wildman–Crippen LogP) is 4.31. The number of benzene rings is 1. The molecule has 2 aliphatic rings. The molecule has 2 fully saturated rings. The molecule has 2 aromatic heterocycles. The van der Waals surface area contributed by atoms with Gasteiger partial charge in [0.05, 0.1) is 0 Å². The quantitative estimate of drug-likeness (QED) is 0.470. The van der Waals surface area contributed by atoms with Gasteiger partial charge in [0, 0.05) is 62.6 Å². The van der Waals surface area contributed by atoms with Gasteiger partial charge < -0.3 is 20.1 Å². The lowest BCUT2D eigenvalue weighted by atomic mass is 10.0. The van der Waals surface area contributed by atoms with E-state index in [1.54, 1.807) is 6.07 Å². The fourth-order valence-electron chi connectivity index (χ4n) is 5.20. The molecule has 0 atom stereocenters. The van der Waals surface area contributed by atoms with Gasteiger partial charge in [-0.1, -0.05) is 12.1 Å². The first-order chi connectivity index (χ1) is 17.0. The number of rotatable bonds is 9. The minimum atomic E-state index is -0.415. The minimum Gasteiger partial charge on any atom is -0.366 e. The zero-order valence-corrected chi connectivity index (χ0v) is 20.5. The summed E-state index contributed by atoms with van der Waals surface area (Å²) in [4.78, 5) is 33.3. The van der Waals surface area contributed by atoms with Crippen molar-refractivity contribution >= 4 is 28.5 Å². The van der Waals surface area contributed by atoms with E-state index < -0.39 is 5.91 Å². The van der Waals surface area contributed by atoms with Crippen molar-refractivity contribution in [3.63, 3.8) is 0 Å². The molecule has 7 nitrogen and oxygen atoms in total. The first-order valence-corrected chi connectivity index (χ1v) is 12.8. The number of carbonyl (C=O) groups excluding carboxylic acids is 2. The number of nitrogens with zero attached hydrogens (tertiary/aromatic N) is 4. The lowest BCUT2D eigenvalue weighted by Gasteiger charge is -2.37. The third-order valence-electron chi connectivity index (χ3n) is 7.65. The van der Waals surface area contributed by atoms with Gasteiger partial charge in [0.25, 0.3) is 0 Å². The van der Waals surface area contributed by atoms with Gasteiger partial charge in [-0.2, -0.15) is 0 Å². The summed E-state index contributed by atoms with van der Waals surface area (Å²) < 4.78 is 2.14. The summed E-state index contributed by atoms with van der Waals surface area (Å²) in [6.45, 7) is 2.69. The Morgan fingerprint density at radius 1 is 1.06 bits per heavy atom. The predicted molar refractivity (Wildman–Crippen MR) is 139 cm³/mol. The van der Waals surface area contributed by atoms with Gasteiger partial charge in [0.1, 0.15) is 5.82 Å². The van der Waals surface area contributed by atoms with Crippen LogP contribution in [0.15, 0.2) is 48.8 Å². The maximum absolute atomic E-state index is 12.8. The average molecular weight is 474 g/mol. The SMILES string of the molecule is CN(C(=O)CCCCn1ccc2ccc(C(N)=O)cc21)C1CCN(c2ccc(C3CC3)cn2)CC1. The number of hydrogen-bond acceptors (Lipinski definition) is 4. The molecule has 2 amide bonds. The number of pyridine rings is 1. The number of aromatic nitrogens is 2. The summed E-state index contributed by atoms with van der Waals surface area (Å²) in [5.41, 5.74) is 8.32. The molecule has 3 heterocycles. The van der Waals surface area contributed by atoms with Crippen molar-refractivity contribution < 1.29 is 9.59 Å². The molecule has 0 bridgehead atoms. The Hall–Kier alpha value is -3.35. The number of nitrogens with two attached hydrogens (primary N) is 1. The van der Waals surface area contributed by atoms with E-state index in [9.17, 15) is 9.59 Å². The average Bonchev–Trinajstić information content (AvgIpc) is 3.66. The number of piperidine rings is 1. The number of hydrogen-bond donors (Lipinski definition) is 1. The summed E-state index contributed by atoms with van der Waals surface area (Å²) in [5.74, 6) is 1.60. The van der Waals surface area contributed by atoms with E-state index in [2.05, 4.69) is 21.6 Å². The zero-order chi connectivity index (χ0) is 24.4. The molecule has 1 aromatic carbocycles. The van der Waals surface area contributed by atoms with Crippen LogP contribution in [0.2, 0.25) is 0 Å². The second-order valence-corrected chi connectivity index (χ2v) is 10.1. The van der Waals surface area contributed by atoms with Crippen LogP contribution >= 0.6 is 0 Å². The van der Waals surface area contributed by atoms with Gasteiger partial charge in [0.15, 0.2) is 0 Å². The Bertz CT molecular complexity index is 1190. The van der Waals surface area contributed by atoms with Crippen LogP contribution in [-0.4, -0.2) is 52.4 Å². The van der Waals surface area contributed by atoms with Crippen molar-refractivity contribution in [1.29, 1.82) is 0 Å². The molecule has 7 heteroatoms. The number of primary amides is 1. The maximum atomic E-state index is 12.8. The third kappa shape index (κ3) is 5.34. The number of carbonyl (C=O) groups is 2. The molecule has 2 N–H and O–H groups in total. The Labute approximate surface area is 206 Å². The fraction of sp³-hybridized carbons (Fsp3) is 0.464. The van der Waals surface area contributed by atoms with E-state index in [1.165, 1.54) is 18.4 Å². The highest BCUT2D eigenvalue weighted by Gasteiger charge is 2.27. The van der Waals surface area contributed by atoms with E-state index >= 15 is 0 Å². The Morgan fingerprint density at radius 2 is 1.86 bits per heavy atom. The first kappa shape index (κ1) is 23.4. The topological polar surface area (TPSA) is 84.5 Å². The second kappa shape index (κ2) is 10.1. The molecule has 1 saturated heterocycles.